The first kappa shape index (κ1) is 14.0. The van der Waals surface area contributed by atoms with E-state index in [2.05, 4.69) is 14.7 Å². The summed E-state index contributed by atoms with van der Waals surface area (Å²) < 4.78 is 26.6. The van der Waals surface area contributed by atoms with E-state index in [0.717, 1.165) is 12.4 Å². The molecular formula is C11H9Cl2N3O2S. The number of hydrogen-bond acceptors (Lipinski definition) is 4. The predicted octanol–water partition coefficient (Wildman–Crippen LogP) is 2.89. The SMILES string of the molecule is Cc1cc(Cl)ccc1NS(=O)(=O)c1cnc(Cl)nc1. The summed E-state index contributed by atoms with van der Waals surface area (Å²) in [4.78, 5) is 7.21. The molecule has 1 aromatic heterocycles. The molecule has 2 rings (SSSR count). The molecule has 1 heterocycles. The van der Waals surface area contributed by atoms with Crippen LogP contribution in [0, 0.1) is 6.92 Å². The standard InChI is InChI=1S/C11H9Cl2N3O2S/c1-7-4-8(12)2-3-10(7)16-19(17,18)9-5-14-11(13)15-6-9/h2-6,16H,1H3. The van der Waals surface area contributed by atoms with Gasteiger partial charge in [0.15, 0.2) is 0 Å². The minimum absolute atomic E-state index is 0.0124. The number of hydrogen-bond donors (Lipinski definition) is 1. The van der Waals surface area contributed by atoms with E-state index in [1.165, 1.54) is 0 Å². The third-order valence-corrected chi connectivity index (χ3v) is 4.09. The molecule has 2 aromatic rings. The Labute approximate surface area is 120 Å². The van der Waals surface area contributed by atoms with Crippen molar-refractivity contribution in [3.8, 4) is 0 Å². The number of rotatable bonds is 3. The van der Waals surface area contributed by atoms with Crippen LogP contribution >= 0.6 is 23.2 Å². The highest BCUT2D eigenvalue weighted by molar-refractivity contribution is 7.92. The molecule has 0 unspecified atom stereocenters. The van der Waals surface area contributed by atoms with E-state index in [0.29, 0.717) is 16.3 Å². The Morgan fingerprint density at radius 1 is 1.16 bits per heavy atom. The summed E-state index contributed by atoms with van der Waals surface area (Å²) in [6.45, 7) is 1.75. The Kier molecular flexibility index (Phi) is 3.93. The van der Waals surface area contributed by atoms with Gasteiger partial charge in [-0.05, 0) is 42.3 Å². The van der Waals surface area contributed by atoms with Gasteiger partial charge < -0.3 is 0 Å². The van der Waals surface area contributed by atoms with E-state index in [1.807, 2.05) is 0 Å². The first-order chi connectivity index (χ1) is 8.88. The summed E-state index contributed by atoms with van der Waals surface area (Å²) in [5.74, 6) is 0. The molecule has 0 aliphatic rings. The highest BCUT2D eigenvalue weighted by Gasteiger charge is 2.16. The highest BCUT2D eigenvalue weighted by Crippen LogP contribution is 2.22. The second kappa shape index (κ2) is 5.32. The van der Waals surface area contributed by atoms with Crippen LogP contribution < -0.4 is 4.72 Å². The summed E-state index contributed by atoms with van der Waals surface area (Å²) in [6.07, 6.45) is 2.28. The number of halogens is 2. The van der Waals surface area contributed by atoms with Crippen molar-refractivity contribution in [2.75, 3.05) is 4.72 Å². The van der Waals surface area contributed by atoms with Gasteiger partial charge in [0.25, 0.3) is 10.0 Å². The van der Waals surface area contributed by atoms with E-state index in [9.17, 15) is 8.42 Å². The highest BCUT2D eigenvalue weighted by atomic mass is 35.5. The summed E-state index contributed by atoms with van der Waals surface area (Å²) in [7, 11) is -3.74. The predicted molar refractivity (Wildman–Crippen MR) is 74.0 cm³/mol. The molecule has 0 aliphatic carbocycles. The number of nitrogens with zero attached hydrogens (tertiary/aromatic N) is 2. The van der Waals surface area contributed by atoms with Crippen LogP contribution in [0.15, 0.2) is 35.5 Å². The lowest BCUT2D eigenvalue weighted by Gasteiger charge is -2.10. The van der Waals surface area contributed by atoms with E-state index < -0.39 is 10.0 Å². The quantitative estimate of drug-likeness (QED) is 0.883. The first-order valence-corrected chi connectivity index (χ1v) is 7.39. The number of anilines is 1. The Balaban J connectivity index is 2.33. The average molecular weight is 318 g/mol. The average Bonchev–Trinajstić information content (AvgIpc) is 2.33. The summed E-state index contributed by atoms with van der Waals surface area (Å²) in [6, 6.07) is 4.86. The molecule has 5 nitrogen and oxygen atoms in total. The minimum Gasteiger partial charge on any atom is -0.279 e. The summed E-state index contributed by atoms with van der Waals surface area (Å²) in [5.41, 5.74) is 1.16. The topological polar surface area (TPSA) is 72.0 Å². The summed E-state index contributed by atoms with van der Waals surface area (Å²) >= 11 is 11.3. The molecular weight excluding hydrogens is 309 g/mol. The molecule has 0 radical (unpaired) electrons. The molecule has 0 aliphatic heterocycles. The fourth-order valence-corrected chi connectivity index (χ4v) is 2.73. The van der Waals surface area contributed by atoms with Gasteiger partial charge in [-0.1, -0.05) is 11.6 Å². The molecule has 19 heavy (non-hydrogen) atoms. The van der Waals surface area contributed by atoms with Crippen molar-refractivity contribution < 1.29 is 8.42 Å². The van der Waals surface area contributed by atoms with Gasteiger partial charge in [0, 0.05) is 5.02 Å². The van der Waals surface area contributed by atoms with Gasteiger partial charge in [0.2, 0.25) is 5.28 Å². The van der Waals surface area contributed by atoms with Crippen LogP contribution in [0.3, 0.4) is 0 Å². The molecule has 0 saturated carbocycles. The molecule has 0 atom stereocenters. The van der Waals surface area contributed by atoms with Crippen molar-refractivity contribution in [2.45, 2.75) is 11.8 Å². The number of sulfonamides is 1. The number of benzene rings is 1. The number of aryl methyl sites for hydroxylation is 1. The smallest absolute Gasteiger partial charge is 0.264 e. The van der Waals surface area contributed by atoms with Gasteiger partial charge in [0.05, 0.1) is 18.1 Å². The van der Waals surface area contributed by atoms with Gasteiger partial charge in [-0.25, -0.2) is 18.4 Å². The molecule has 1 aromatic carbocycles. The fraction of sp³-hybridized carbons (Fsp3) is 0.0909. The molecule has 0 bridgehead atoms. The fourth-order valence-electron chi connectivity index (χ4n) is 1.38. The monoisotopic (exact) mass is 317 g/mol. The lowest BCUT2D eigenvalue weighted by molar-refractivity contribution is 0.600. The Bertz CT molecular complexity index is 702. The largest absolute Gasteiger partial charge is 0.279 e. The molecule has 0 fully saturated rings. The molecule has 100 valence electrons. The van der Waals surface area contributed by atoms with Gasteiger partial charge in [0.1, 0.15) is 4.90 Å². The maximum atomic E-state index is 12.1. The Hall–Kier alpha value is -1.37. The lowest BCUT2D eigenvalue weighted by atomic mass is 10.2. The van der Waals surface area contributed by atoms with E-state index in [4.69, 9.17) is 23.2 Å². The zero-order valence-corrected chi connectivity index (χ0v) is 12.1. The summed E-state index contributed by atoms with van der Waals surface area (Å²) in [5, 5.41) is 0.525. The third kappa shape index (κ3) is 3.34. The van der Waals surface area contributed by atoms with Gasteiger partial charge in [-0.3, -0.25) is 4.72 Å². The normalized spacial score (nSPS) is 11.3. The van der Waals surface area contributed by atoms with Crippen LogP contribution in [0.5, 0.6) is 0 Å². The van der Waals surface area contributed by atoms with Crippen molar-refractivity contribution in [2.24, 2.45) is 0 Å². The van der Waals surface area contributed by atoms with Crippen molar-refractivity contribution >= 4 is 38.9 Å². The van der Waals surface area contributed by atoms with Crippen molar-refractivity contribution in [3.63, 3.8) is 0 Å². The second-order valence-electron chi connectivity index (χ2n) is 3.75. The Morgan fingerprint density at radius 3 is 2.37 bits per heavy atom. The molecule has 0 saturated heterocycles. The van der Waals surface area contributed by atoms with Crippen LogP contribution in [0.1, 0.15) is 5.56 Å². The van der Waals surface area contributed by atoms with Crippen molar-refractivity contribution in [1.29, 1.82) is 0 Å². The van der Waals surface area contributed by atoms with Crippen LogP contribution in [0.4, 0.5) is 5.69 Å². The van der Waals surface area contributed by atoms with Crippen LogP contribution in [0.25, 0.3) is 0 Å². The lowest BCUT2D eigenvalue weighted by Crippen LogP contribution is -2.14. The third-order valence-electron chi connectivity index (χ3n) is 2.34. The van der Waals surface area contributed by atoms with Crippen molar-refractivity contribution in [3.05, 3.63) is 46.5 Å². The maximum Gasteiger partial charge on any atom is 0.264 e. The molecule has 0 spiro atoms. The van der Waals surface area contributed by atoms with Gasteiger partial charge in [-0.2, -0.15) is 0 Å². The van der Waals surface area contributed by atoms with Crippen LogP contribution in [-0.2, 0) is 10.0 Å². The molecule has 0 amide bonds. The number of nitrogens with one attached hydrogen (secondary N) is 1. The van der Waals surface area contributed by atoms with Crippen molar-refractivity contribution in [1.82, 2.24) is 9.97 Å². The first-order valence-electron chi connectivity index (χ1n) is 5.15. The van der Waals surface area contributed by atoms with Gasteiger partial charge in [-0.15, -0.1) is 0 Å². The maximum absolute atomic E-state index is 12.1. The Morgan fingerprint density at radius 2 is 1.79 bits per heavy atom. The zero-order valence-electron chi connectivity index (χ0n) is 9.76. The van der Waals surface area contributed by atoms with E-state index >= 15 is 0 Å². The van der Waals surface area contributed by atoms with E-state index in [-0.39, 0.29) is 10.2 Å². The van der Waals surface area contributed by atoms with Crippen LogP contribution in [-0.4, -0.2) is 18.4 Å². The van der Waals surface area contributed by atoms with E-state index in [1.54, 1.807) is 25.1 Å². The second-order valence-corrected chi connectivity index (χ2v) is 6.21. The zero-order chi connectivity index (χ0) is 14.0. The van der Waals surface area contributed by atoms with Crippen LogP contribution in [0.2, 0.25) is 10.3 Å². The molecule has 1 N–H and O–H groups in total. The molecule has 8 heteroatoms. The minimum atomic E-state index is -3.74. The number of aromatic nitrogens is 2. The van der Waals surface area contributed by atoms with Gasteiger partial charge >= 0.3 is 0 Å².